The predicted molar refractivity (Wildman–Crippen MR) is 85.3 cm³/mol. The van der Waals surface area contributed by atoms with Crippen molar-refractivity contribution >= 4 is 17.6 Å². The number of ether oxygens (including phenoxy) is 2. The quantitative estimate of drug-likeness (QED) is 0.628. The van der Waals surface area contributed by atoms with Crippen LogP contribution < -0.4 is 9.47 Å². The summed E-state index contributed by atoms with van der Waals surface area (Å²) < 4.78 is 23.9. The van der Waals surface area contributed by atoms with Gasteiger partial charge in [-0.2, -0.15) is 0 Å². The molecule has 6 nitrogen and oxygen atoms in total. The number of hydrogen-bond donors (Lipinski definition) is 0. The highest BCUT2D eigenvalue weighted by atomic mass is 19.1. The van der Waals surface area contributed by atoms with Crippen LogP contribution in [0.15, 0.2) is 42.5 Å². The topological polar surface area (TPSA) is 72.9 Å². The molecule has 0 aliphatic carbocycles. The normalized spacial score (nSPS) is 13.8. The van der Waals surface area contributed by atoms with Crippen LogP contribution >= 0.6 is 0 Å². The zero-order valence-corrected chi connectivity index (χ0v) is 13.3. The van der Waals surface area contributed by atoms with Gasteiger partial charge >= 0.3 is 0 Å². The van der Waals surface area contributed by atoms with E-state index in [0.29, 0.717) is 0 Å². The van der Waals surface area contributed by atoms with Gasteiger partial charge in [-0.1, -0.05) is 12.1 Å². The summed E-state index contributed by atoms with van der Waals surface area (Å²) in [7, 11) is 1.31. The van der Waals surface area contributed by atoms with E-state index >= 15 is 0 Å². The average Bonchev–Trinajstić information content (AvgIpc) is 2.74. The van der Waals surface area contributed by atoms with E-state index in [9.17, 15) is 18.8 Å². The lowest BCUT2D eigenvalue weighted by Gasteiger charge is -2.17. The van der Waals surface area contributed by atoms with Crippen molar-refractivity contribution < 1.29 is 28.2 Å². The van der Waals surface area contributed by atoms with E-state index in [2.05, 4.69) is 0 Å². The number of rotatable bonds is 4. The molecule has 0 saturated heterocycles. The maximum absolute atomic E-state index is 13.8. The highest BCUT2D eigenvalue weighted by Crippen LogP contribution is 2.23. The van der Waals surface area contributed by atoms with E-state index in [-0.39, 0.29) is 29.2 Å². The van der Waals surface area contributed by atoms with Gasteiger partial charge < -0.3 is 9.47 Å². The van der Waals surface area contributed by atoms with Crippen LogP contribution in [0.1, 0.15) is 20.7 Å². The van der Waals surface area contributed by atoms with Gasteiger partial charge in [0, 0.05) is 5.56 Å². The van der Waals surface area contributed by atoms with Crippen LogP contribution in [0.5, 0.6) is 11.5 Å². The van der Waals surface area contributed by atoms with E-state index in [1.54, 1.807) is 18.2 Å². The number of methoxy groups -OCH3 is 1. The maximum atomic E-state index is 13.8. The molecule has 2 aromatic carbocycles. The summed E-state index contributed by atoms with van der Waals surface area (Å²) in [5, 5.41) is 0. The third-order valence-corrected chi connectivity index (χ3v) is 3.79. The third kappa shape index (κ3) is 3.21. The Balaban J connectivity index is 1.86. The summed E-state index contributed by atoms with van der Waals surface area (Å²) >= 11 is 0. The number of Topliss-reactive ketones (excluding diaryl/α,β-unsaturated/α-hetero) is 1. The first-order chi connectivity index (χ1) is 12.0. The van der Waals surface area contributed by atoms with E-state index in [1.807, 2.05) is 0 Å². The highest BCUT2D eigenvalue weighted by molar-refractivity contribution is 6.11. The number of para-hydroxylation sites is 1. The Bertz CT molecular complexity index is 864. The molecule has 0 aromatic heterocycles. The minimum absolute atomic E-state index is 0.000743. The first kappa shape index (κ1) is 16.6. The molecule has 25 heavy (non-hydrogen) atoms. The van der Waals surface area contributed by atoms with Gasteiger partial charge in [0.25, 0.3) is 11.8 Å². The second-order valence-corrected chi connectivity index (χ2v) is 5.34. The minimum atomic E-state index is -0.699. The molecule has 0 radical (unpaired) electrons. The van der Waals surface area contributed by atoms with Crippen LogP contribution in [0.3, 0.4) is 0 Å². The second-order valence-electron chi connectivity index (χ2n) is 5.34. The number of benzene rings is 2. The SMILES string of the molecule is COc1ccc(C(=O)CN2C(=O)COc3ccccc3C2=O)cc1F. The van der Waals surface area contributed by atoms with Crippen LogP contribution in [0, 0.1) is 5.82 Å². The summed E-state index contributed by atoms with van der Waals surface area (Å²) in [6.07, 6.45) is 0. The molecule has 128 valence electrons. The molecule has 0 spiro atoms. The standard InChI is InChI=1S/C18H14FNO5/c1-24-16-7-6-11(8-13(16)19)14(21)9-20-17(22)10-25-15-5-3-2-4-12(15)18(20)23/h2-8H,9-10H2,1H3. The third-order valence-electron chi connectivity index (χ3n) is 3.79. The fraction of sp³-hybridized carbons (Fsp3) is 0.167. The zero-order chi connectivity index (χ0) is 18.0. The largest absolute Gasteiger partial charge is 0.494 e. The minimum Gasteiger partial charge on any atom is -0.494 e. The number of nitrogens with zero attached hydrogens (tertiary/aromatic N) is 1. The Kier molecular flexibility index (Phi) is 4.47. The molecule has 0 N–H and O–H groups in total. The molecule has 2 aromatic rings. The molecule has 3 rings (SSSR count). The van der Waals surface area contributed by atoms with Gasteiger partial charge in [0.05, 0.1) is 19.2 Å². The fourth-order valence-corrected chi connectivity index (χ4v) is 2.48. The number of halogens is 1. The summed E-state index contributed by atoms with van der Waals surface area (Å²) in [6, 6.07) is 10.1. The van der Waals surface area contributed by atoms with Crippen LogP contribution in [-0.4, -0.2) is 42.8 Å². The lowest BCUT2D eigenvalue weighted by atomic mass is 10.1. The number of carbonyl (C=O) groups is 3. The number of ketones is 1. The number of hydrogen-bond acceptors (Lipinski definition) is 5. The van der Waals surface area contributed by atoms with Gasteiger partial charge in [-0.05, 0) is 30.3 Å². The van der Waals surface area contributed by atoms with Gasteiger partial charge in [-0.15, -0.1) is 0 Å². The first-order valence-corrected chi connectivity index (χ1v) is 7.44. The molecule has 1 heterocycles. The van der Waals surface area contributed by atoms with Crippen molar-refractivity contribution in [3.8, 4) is 11.5 Å². The molecule has 0 atom stereocenters. The van der Waals surface area contributed by atoms with E-state index in [0.717, 1.165) is 11.0 Å². The Hall–Kier alpha value is -3.22. The number of imide groups is 1. The molecule has 2 amide bonds. The van der Waals surface area contributed by atoms with Crippen molar-refractivity contribution in [1.82, 2.24) is 4.90 Å². The van der Waals surface area contributed by atoms with Crippen molar-refractivity contribution in [1.29, 1.82) is 0 Å². The summed E-state index contributed by atoms with van der Waals surface area (Å²) in [4.78, 5) is 37.9. The zero-order valence-electron chi connectivity index (χ0n) is 13.3. The molecular formula is C18H14FNO5. The molecule has 1 aliphatic heterocycles. The molecule has 0 saturated carbocycles. The lowest BCUT2D eigenvalue weighted by molar-refractivity contribution is -0.129. The Labute approximate surface area is 142 Å². The maximum Gasteiger partial charge on any atom is 0.267 e. The van der Waals surface area contributed by atoms with Gasteiger partial charge in [0.1, 0.15) is 5.75 Å². The van der Waals surface area contributed by atoms with E-state index in [1.165, 1.54) is 25.3 Å². The molecule has 1 aliphatic rings. The van der Waals surface area contributed by atoms with Gasteiger partial charge in [-0.3, -0.25) is 19.3 Å². The lowest BCUT2D eigenvalue weighted by Crippen LogP contribution is -2.41. The van der Waals surface area contributed by atoms with Crippen molar-refractivity contribution in [2.24, 2.45) is 0 Å². The van der Waals surface area contributed by atoms with Crippen LogP contribution in [0.2, 0.25) is 0 Å². The molecule has 0 bridgehead atoms. The summed E-state index contributed by atoms with van der Waals surface area (Å²) in [5.41, 5.74) is 0.236. The number of amides is 2. The average molecular weight is 343 g/mol. The smallest absolute Gasteiger partial charge is 0.267 e. The van der Waals surface area contributed by atoms with Crippen LogP contribution in [-0.2, 0) is 4.79 Å². The van der Waals surface area contributed by atoms with Crippen molar-refractivity contribution in [3.63, 3.8) is 0 Å². The van der Waals surface area contributed by atoms with Crippen LogP contribution in [0.25, 0.3) is 0 Å². The van der Waals surface area contributed by atoms with E-state index in [4.69, 9.17) is 9.47 Å². The Morgan fingerprint density at radius 1 is 1.24 bits per heavy atom. The molecule has 0 fully saturated rings. The van der Waals surface area contributed by atoms with Crippen molar-refractivity contribution in [3.05, 3.63) is 59.4 Å². The molecular weight excluding hydrogens is 329 g/mol. The fourth-order valence-electron chi connectivity index (χ4n) is 2.48. The highest BCUT2D eigenvalue weighted by Gasteiger charge is 2.31. The monoisotopic (exact) mass is 343 g/mol. The number of carbonyl (C=O) groups excluding carboxylic acids is 3. The van der Waals surface area contributed by atoms with E-state index < -0.39 is 30.0 Å². The molecule has 0 unspecified atom stereocenters. The summed E-state index contributed by atoms with van der Waals surface area (Å²) in [6.45, 7) is -0.853. The number of fused-ring (bicyclic) bond motifs is 1. The van der Waals surface area contributed by atoms with Gasteiger partial charge in [0.2, 0.25) is 0 Å². The van der Waals surface area contributed by atoms with Crippen molar-refractivity contribution in [2.75, 3.05) is 20.3 Å². The predicted octanol–water partition coefficient (Wildman–Crippen LogP) is 2.08. The van der Waals surface area contributed by atoms with Crippen LogP contribution in [0.4, 0.5) is 4.39 Å². The van der Waals surface area contributed by atoms with Crippen molar-refractivity contribution in [2.45, 2.75) is 0 Å². The first-order valence-electron chi connectivity index (χ1n) is 7.44. The summed E-state index contributed by atoms with van der Waals surface area (Å²) in [5.74, 6) is -2.24. The second kappa shape index (κ2) is 6.72. The van der Waals surface area contributed by atoms with Gasteiger partial charge in [0.15, 0.2) is 24.0 Å². The molecule has 7 heteroatoms. The Morgan fingerprint density at radius 3 is 2.72 bits per heavy atom. The van der Waals surface area contributed by atoms with Gasteiger partial charge in [-0.25, -0.2) is 4.39 Å². The Morgan fingerprint density at radius 2 is 2.00 bits per heavy atom.